The van der Waals surface area contributed by atoms with E-state index in [9.17, 15) is 9.50 Å². The lowest BCUT2D eigenvalue weighted by molar-refractivity contribution is 0.00688. The van der Waals surface area contributed by atoms with Gasteiger partial charge in [0.2, 0.25) is 0 Å². The smallest absolute Gasteiger partial charge is 0.127 e. The van der Waals surface area contributed by atoms with Crippen LogP contribution >= 0.6 is 0 Å². The molecule has 15 heavy (non-hydrogen) atoms. The van der Waals surface area contributed by atoms with Gasteiger partial charge in [-0.25, -0.2) is 4.39 Å². The summed E-state index contributed by atoms with van der Waals surface area (Å²) in [5.74, 6) is 0.0423. The fraction of sp³-hybridized carbons (Fsp3) is 0.500. The molecule has 1 rings (SSSR count). The summed E-state index contributed by atoms with van der Waals surface area (Å²) >= 11 is 0. The number of hydrogen-bond donors (Lipinski definition) is 1. The van der Waals surface area contributed by atoms with Crippen LogP contribution in [-0.4, -0.2) is 12.2 Å². The van der Waals surface area contributed by atoms with Gasteiger partial charge in [0.1, 0.15) is 11.6 Å². The Hall–Kier alpha value is -1.09. The van der Waals surface area contributed by atoms with Gasteiger partial charge in [-0.3, -0.25) is 0 Å². The van der Waals surface area contributed by atoms with Crippen LogP contribution in [-0.2, 0) is 5.60 Å². The average molecular weight is 212 g/mol. The molecule has 0 unspecified atom stereocenters. The van der Waals surface area contributed by atoms with E-state index < -0.39 is 5.60 Å². The molecule has 0 aliphatic rings. The molecule has 84 valence electrons. The zero-order valence-electron chi connectivity index (χ0n) is 9.54. The molecule has 1 aromatic rings. The van der Waals surface area contributed by atoms with Gasteiger partial charge in [0.25, 0.3) is 0 Å². The maximum Gasteiger partial charge on any atom is 0.127 e. The largest absolute Gasteiger partial charge is 0.496 e. The molecule has 1 atom stereocenters. The van der Waals surface area contributed by atoms with E-state index in [-0.39, 0.29) is 11.7 Å². The molecular weight excluding hydrogens is 195 g/mol. The van der Waals surface area contributed by atoms with E-state index in [1.165, 1.54) is 19.2 Å². The van der Waals surface area contributed by atoms with Crippen molar-refractivity contribution in [2.24, 2.45) is 5.92 Å². The standard InChI is InChI=1S/C12H17FO2/c1-8(2)12(3,14)10-6-5-9(13)7-11(10)15-4/h5-8,14H,1-4H3/t12-/m0/s1. The monoisotopic (exact) mass is 212 g/mol. The summed E-state index contributed by atoms with van der Waals surface area (Å²) in [7, 11) is 1.47. The van der Waals surface area contributed by atoms with E-state index in [1.54, 1.807) is 13.0 Å². The van der Waals surface area contributed by atoms with Crippen molar-refractivity contribution in [1.82, 2.24) is 0 Å². The number of halogens is 1. The zero-order chi connectivity index (χ0) is 11.6. The molecule has 0 fully saturated rings. The minimum atomic E-state index is -1.01. The number of methoxy groups -OCH3 is 1. The number of ether oxygens (including phenoxy) is 1. The van der Waals surface area contributed by atoms with Crippen molar-refractivity contribution in [3.63, 3.8) is 0 Å². The zero-order valence-corrected chi connectivity index (χ0v) is 9.54. The Morgan fingerprint density at radius 1 is 1.40 bits per heavy atom. The third kappa shape index (κ3) is 2.29. The normalized spacial score (nSPS) is 15.1. The Morgan fingerprint density at radius 3 is 2.47 bits per heavy atom. The first-order valence-electron chi connectivity index (χ1n) is 4.96. The van der Waals surface area contributed by atoms with Crippen molar-refractivity contribution in [1.29, 1.82) is 0 Å². The molecule has 0 saturated heterocycles. The Labute approximate surface area is 89.7 Å². The van der Waals surface area contributed by atoms with Gasteiger partial charge in [0.05, 0.1) is 12.7 Å². The summed E-state index contributed by atoms with van der Waals surface area (Å²) in [5, 5.41) is 10.3. The first kappa shape index (κ1) is 12.0. The van der Waals surface area contributed by atoms with Crippen LogP contribution in [0.2, 0.25) is 0 Å². The highest BCUT2D eigenvalue weighted by molar-refractivity contribution is 5.38. The van der Waals surface area contributed by atoms with Crippen LogP contribution in [0, 0.1) is 11.7 Å². The number of aliphatic hydroxyl groups is 1. The van der Waals surface area contributed by atoms with Crippen molar-refractivity contribution < 1.29 is 14.2 Å². The molecule has 0 aliphatic carbocycles. The predicted molar refractivity (Wildman–Crippen MR) is 57.4 cm³/mol. The van der Waals surface area contributed by atoms with E-state index in [0.29, 0.717) is 11.3 Å². The van der Waals surface area contributed by atoms with Crippen LogP contribution in [0.15, 0.2) is 18.2 Å². The molecule has 0 radical (unpaired) electrons. The molecule has 2 nitrogen and oxygen atoms in total. The van der Waals surface area contributed by atoms with Gasteiger partial charge >= 0.3 is 0 Å². The van der Waals surface area contributed by atoms with Crippen LogP contribution in [0.1, 0.15) is 26.3 Å². The van der Waals surface area contributed by atoms with Crippen molar-refractivity contribution in [2.75, 3.05) is 7.11 Å². The highest BCUT2D eigenvalue weighted by Gasteiger charge is 2.30. The topological polar surface area (TPSA) is 29.5 Å². The maximum atomic E-state index is 13.0. The first-order valence-corrected chi connectivity index (χ1v) is 4.96. The fourth-order valence-corrected chi connectivity index (χ4v) is 1.39. The molecule has 1 aromatic carbocycles. The Morgan fingerprint density at radius 2 is 2.00 bits per heavy atom. The number of rotatable bonds is 3. The summed E-state index contributed by atoms with van der Waals surface area (Å²) in [6.07, 6.45) is 0. The molecule has 0 amide bonds. The lowest BCUT2D eigenvalue weighted by Gasteiger charge is -2.29. The van der Waals surface area contributed by atoms with E-state index in [4.69, 9.17) is 4.74 Å². The van der Waals surface area contributed by atoms with Crippen LogP contribution in [0.25, 0.3) is 0 Å². The summed E-state index contributed by atoms with van der Waals surface area (Å²) < 4.78 is 18.0. The Bertz CT molecular complexity index is 345. The van der Waals surface area contributed by atoms with E-state index in [1.807, 2.05) is 13.8 Å². The van der Waals surface area contributed by atoms with Gasteiger partial charge in [-0.05, 0) is 25.0 Å². The maximum absolute atomic E-state index is 13.0. The van der Waals surface area contributed by atoms with Gasteiger partial charge in [-0.1, -0.05) is 13.8 Å². The molecule has 3 heteroatoms. The number of hydrogen-bond acceptors (Lipinski definition) is 2. The quantitative estimate of drug-likeness (QED) is 0.834. The highest BCUT2D eigenvalue weighted by Crippen LogP contribution is 2.35. The summed E-state index contributed by atoms with van der Waals surface area (Å²) in [6.45, 7) is 5.51. The average Bonchev–Trinajstić information content (AvgIpc) is 2.16. The third-order valence-electron chi connectivity index (χ3n) is 2.83. The molecule has 1 N–H and O–H groups in total. The van der Waals surface area contributed by atoms with Crippen molar-refractivity contribution in [3.05, 3.63) is 29.6 Å². The predicted octanol–water partition coefficient (Wildman–Crippen LogP) is 2.70. The Kier molecular flexibility index (Phi) is 3.35. The van der Waals surface area contributed by atoms with Crippen molar-refractivity contribution in [3.8, 4) is 5.75 Å². The van der Waals surface area contributed by atoms with E-state index in [2.05, 4.69) is 0 Å². The van der Waals surface area contributed by atoms with Crippen LogP contribution < -0.4 is 4.74 Å². The first-order chi connectivity index (χ1) is 6.89. The molecule has 0 saturated carbocycles. The van der Waals surface area contributed by atoms with Gasteiger partial charge < -0.3 is 9.84 Å². The highest BCUT2D eigenvalue weighted by atomic mass is 19.1. The van der Waals surface area contributed by atoms with E-state index in [0.717, 1.165) is 0 Å². The van der Waals surface area contributed by atoms with Gasteiger partial charge in [-0.15, -0.1) is 0 Å². The summed E-state index contributed by atoms with van der Waals surface area (Å²) in [5.41, 5.74) is -0.402. The number of benzene rings is 1. The second-order valence-electron chi connectivity index (χ2n) is 4.15. The summed E-state index contributed by atoms with van der Waals surface area (Å²) in [4.78, 5) is 0. The van der Waals surface area contributed by atoms with Gasteiger partial charge in [0.15, 0.2) is 0 Å². The van der Waals surface area contributed by atoms with Crippen LogP contribution in [0.4, 0.5) is 4.39 Å². The minimum Gasteiger partial charge on any atom is -0.496 e. The second-order valence-corrected chi connectivity index (χ2v) is 4.15. The lowest BCUT2D eigenvalue weighted by atomic mass is 9.85. The molecule has 0 aromatic heterocycles. The van der Waals surface area contributed by atoms with Crippen molar-refractivity contribution in [2.45, 2.75) is 26.4 Å². The molecule has 0 aliphatic heterocycles. The second kappa shape index (κ2) is 4.19. The molecule has 0 bridgehead atoms. The van der Waals surface area contributed by atoms with E-state index >= 15 is 0 Å². The van der Waals surface area contributed by atoms with Gasteiger partial charge in [-0.2, -0.15) is 0 Å². The molecule has 0 spiro atoms. The molecule has 0 heterocycles. The van der Waals surface area contributed by atoms with Crippen LogP contribution in [0.5, 0.6) is 5.75 Å². The van der Waals surface area contributed by atoms with Crippen molar-refractivity contribution >= 4 is 0 Å². The minimum absolute atomic E-state index is 0.0249. The van der Waals surface area contributed by atoms with Crippen LogP contribution in [0.3, 0.4) is 0 Å². The molecular formula is C12H17FO2. The Balaban J connectivity index is 3.24. The lowest BCUT2D eigenvalue weighted by Crippen LogP contribution is -2.28. The fourth-order valence-electron chi connectivity index (χ4n) is 1.39. The van der Waals surface area contributed by atoms with Gasteiger partial charge in [0, 0.05) is 11.6 Å². The summed E-state index contributed by atoms with van der Waals surface area (Å²) in [6, 6.07) is 4.18. The SMILES string of the molecule is COc1cc(F)ccc1[C@@](C)(O)C(C)C. The third-order valence-corrected chi connectivity index (χ3v) is 2.83.